The van der Waals surface area contributed by atoms with E-state index in [4.69, 9.17) is 15.6 Å². The molecule has 9 nitrogen and oxygen atoms in total. The molecule has 3 heterocycles. The van der Waals surface area contributed by atoms with Crippen LogP contribution in [0.25, 0.3) is 22.2 Å². The zero-order chi connectivity index (χ0) is 24.5. The molecule has 1 amide bonds. The number of hydrogen-bond donors (Lipinski definition) is 2. The zero-order valence-corrected chi connectivity index (χ0v) is 18.8. The van der Waals surface area contributed by atoms with Crippen LogP contribution in [-0.2, 0) is 4.79 Å². The van der Waals surface area contributed by atoms with Gasteiger partial charge in [-0.15, -0.1) is 0 Å². The minimum absolute atomic E-state index is 0.114. The van der Waals surface area contributed by atoms with E-state index in [2.05, 4.69) is 22.0 Å². The molecule has 1 unspecified atom stereocenters. The summed E-state index contributed by atoms with van der Waals surface area (Å²) in [5.74, 6) is 5.13. The van der Waals surface area contributed by atoms with E-state index in [9.17, 15) is 14.0 Å². The van der Waals surface area contributed by atoms with Crippen molar-refractivity contribution in [1.82, 2.24) is 24.9 Å². The Hall–Kier alpha value is -4.65. The molecule has 4 aromatic rings. The number of ether oxygens (including phenoxy) is 1. The van der Waals surface area contributed by atoms with Crippen molar-refractivity contribution < 1.29 is 13.9 Å². The van der Waals surface area contributed by atoms with Crippen LogP contribution in [0.4, 0.5) is 10.2 Å². The maximum Gasteiger partial charge on any atom is 0.298 e. The molecule has 0 spiro atoms. The van der Waals surface area contributed by atoms with E-state index in [1.54, 1.807) is 59.0 Å². The number of para-hydroxylation sites is 1. The third-order valence-electron chi connectivity index (χ3n) is 5.88. The van der Waals surface area contributed by atoms with E-state index in [0.29, 0.717) is 47.4 Å². The van der Waals surface area contributed by atoms with Crippen molar-refractivity contribution in [2.75, 3.05) is 18.8 Å². The smallest absolute Gasteiger partial charge is 0.298 e. The van der Waals surface area contributed by atoms with Crippen molar-refractivity contribution in [1.29, 1.82) is 0 Å². The number of nitrogen functional groups attached to an aromatic ring is 1. The molecule has 1 atom stereocenters. The van der Waals surface area contributed by atoms with Crippen LogP contribution in [0.3, 0.4) is 0 Å². The molecule has 176 valence electrons. The molecule has 5 rings (SSSR count). The van der Waals surface area contributed by atoms with Crippen molar-refractivity contribution in [2.24, 2.45) is 0 Å². The number of carbonyl (C=O) groups is 1. The fourth-order valence-corrected chi connectivity index (χ4v) is 4.23. The predicted molar refractivity (Wildman–Crippen MR) is 128 cm³/mol. The lowest BCUT2D eigenvalue weighted by molar-refractivity contribution is -0.124. The molecule has 10 heteroatoms. The van der Waals surface area contributed by atoms with E-state index < -0.39 is 11.4 Å². The van der Waals surface area contributed by atoms with Gasteiger partial charge in [0.25, 0.3) is 11.5 Å². The largest absolute Gasteiger partial charge is 0.454 e. The zero-order valence-electron chi connectivity index (χ0n) is 18.8. The predicted octanol–water partition coefficient (Wildman–Crippen LogP) is 3.10. The fourth-order valence-electron chi connectivity index (χ4n) is 4.23. The Morgan fingerprint density at radius 3 is 2.74 bits per heavy atom. The summed E-state index contributed by atoms with van der Waals surface area (Å²) >= 11 is 0. The molecule has 0 aliphatic carbocycles. The average Bonchev–Trinajstić information content (AvgIpc) is 3.50. The minimum Gasteiger partial charge on any atom is -0.454 e. The Morgan fingerprint density at radius 2 is 2.00 bits per heavy atom. The number of aromatic amines is 1. The van der Waals surface area contributed by atoms with Crippen molar-refractivity contribution >= 4 is 22.6 Å². The third-order valence-corrected chi connectivity index (χ3v) is 5.88. The third kappa shape index (κ3) is 4.08. The molecule has 0 saturated carbocycles. The number of aromatic nitrogens is 4. The van der Waals surface area contributed by atoms with Crippen molar-refractivity contribution in [2.45, 2.75) is 19.4 Å². The molecule has 0 bridgehead atoms. The molecule has 35 heavy (non-hydrogen) atoms. The number of rotatable bonds is 4. The summed E-state index contributed by atoms with van der Waals surface area (Å²) in [5, 5.41) is 11.5. The highest BCUT2D eigenvalue weighted by atomic mass is 19.1. The number of hydrogen-bond acceptors (Lipinski definition) is 6. The lowest BCUT2D eigenvalue weighted by atomic mass is 10.1. The first kappa shape index (κ1) is 22.2. The highest BCUT2D eigenvalue weighted by Gasteiger charge is 2.31. The van der Waals surface area contributed by atoms with Gasteiger partial charge >= 0.3 is 0 Å². The minimum atomic E-state index is -0.464. The van der Waals surface area contributed by atoms with Gasteiger partial charge in [0.05, 0.1) is 11.4 Å². The van der Waals surface area contributed by atoms with Crippen LogP contribution in [-0.4, -0.2) is 43.9 Å². The second kappa shape index (κ2) is 8.95. The summed E-state index contributed by atoms with van der Waals surface area (Å²) in [5.41, 5.74) is 7.18. The van der Waals surface area contributed by atoms with Gasteiger partial charge in [-0.1, -0.05) is 18.1 Å². The second-order valence-electron chi connectivity index (χ2n) is 8.08. The molecule has 2 aromatic heterocycles. The Labute approximate surface area is 199 Å². The maximum absolute atomic E-state index is 13.9. The Morgan fingerprint density at radius 1 is 1.23 bits per heavy atom. The molecule has 1 aliphatic heterocycles. The first-order chi connectivity index (χ1) is 17.0. The van der Waals surface area contributed by atoms with E-state index in [1.165, 1.54) is 6.07 Å². The fraction of sp³-hybridized carbons (Fsp3) is 0.200. The molecule has 3 N–H and O–H groups in total. The number of H-pyrrole nitrogens is 1. The number of carbonyl (C=O) groups excluding carboxylic acids is 1. The van der Waals surface area contributed by atoms with E-state index >= 15 is 0 Å². The summed E-state index contributed by atoms with van der Waals surface area (Å²) in [6.07, 6.45) is 0.616. The normalized spacial score (nSPS) is 15.1. The Kier molecular flexibility index (Phi) is 5.66. The maximum atomic E-state index is 13.9. The summed E-state index contributed by atoms with van der Waals surface area (Å²) in [7, 11) is 0. The highest BCUT2D eigenvalue weighted by molar-refractivity contribution is 5.99. The summed E-state index contributed by atoms with van der Waals surface area (Å²) in [6, 6.07) is 12.8. The van der Waals surface area contributed by atoms with Gasteiger partial charge in [0.15, 0.2) is 17.4 Å². The van der Waals surface area contributed by atoms with E-state index in [1.807, 2.05) is 0 Å². The topological polar surface area (TPSA) is 119 Å². The average molecular weight is 472 g/mol. The molecule has 1 aliphatic rings. The molecular weight excluding hydrogens is 451 g/mol. The van der Waals surface area contributed by atoms with Gasteiger partial charge in [-0.05, 0) is 55.7 Å². The number of amides is 1. The van der Waals surface area contributed by atoms with Gasteiger partial charge in [0.2, 0.25) is 0 Å². The summed E-state index contributed by atoms with van der Waals surface area (Å²) in [6.45, 7) is 2.50. The molecule has 2 aromatic carbocycles. The molecule has 1 fully saturated rings. The van der Waals surface area contributed by atoms with Crippen molar-refractivity contribution in [3.05, 3.63) is 64.7 Å². The van der Waals surface area contributed by atoms with Crippen LogP contribution in [0.1, 0.15) is 19.4 Å². The van der Waals surface area contributed by atoms with Gasteiger partial charge in [0, 0.05) is 18.7 Å². The van der Waals surface area contributed by atoms with Gasteiger partial charge in [0.1, 0.15) is 17.0 Å². The van der Waals surface area contributed by atoms with Gasteiger partial charge in [-0.3, -0.25) is 14.3 Å². The number of halogens is 1. The molecule has 1 saturated heterocycles. The molecule has 0 radical (unpaired) electrons. The quantitative estimate of drug-likeness (QED) is 0.441. The Bertz CT molecular complexity index is 1550. The van der Waals surface area contributed by atoms with Crippen LogP contribution >= 0.6 is 0 Å². The molecular formula is C25H21FN6O3. The summed E-state index contributed by atoms with van der Waals surface area (Å²) < 4.78 is 21.2. The number of fused-ring (bicyclic) bond motifs is 1. The standard InChI is InChI=1S/C25H21FN6O3/c1-2-5-20(33)31-13-12-16(14-31)32-23-21(24(27)28-29-25(23)34)22(30-32)15-8-10-17(11-9-15)35-19-7-4-3-6-18(19)26/h3-4,6-11,16H,12-14H2,1H3,(H2,27,28)(H,29,34). The van der Waals surface area contributed by atoms with Gasteiger partial charge in [-0.25, -0.2) is 9.49 Å². The lowest BCUT2D eigenvalue weighted by Crippen LogP contribution is -2.28. The number of benzene rings is 2. The lowest BCUT2D eigenvalue weighted by Gasteiger charge is -2.14. The van der Waals surface area contributed by atoms with Crippen LogP contribution in [0.5, 0.6) is 11.5 Å². The van der Waals surface area contributed by atoms with Crippen LogP contribution in [0.15, 0.2) is 53.3 Å². The van der Waals surface area contributed by atoms with Gasteiger partial charge < -0.3 is 15.4 Å². The number of likely N-dealkylation sites (tertiary alicyclic amines) is 1. The van der Waals surface area contributed by atoms with Crippen LogP contribution in [0.2, 0.25) is 0 Å². The van der Waals surface area contributed by atoms with Crippen LogP contribution < -0.4 is 16.0 Å². The van der Waals surface area contributed by atoms with E-state index in [-0.39, 0.29) is 23.5 Å². The second-order valence-corrected chi connectivity index (χ2v) is 8.08. The SMILES string of the molecule is CC#CC(=O)N1CCC(n2nc(-c3ccc(Oc4ccccc4F)cc3)c3c(N)n[nH]c(=O)c32)C1. The number of nitrogens with two attached hydrogens (primary N) is 1. The number of nitrogens with one attached hydrogen (secondary N) is 1. The van der Waals surface area contributed by atoms with Crippen LogP contribution in [0, 0.1) is 17.7 Å². The Balaban J connectivity index is 1.52. The van der Waals surface area contributed by atoms with E-state index in [0.717, 1.165) is 0 Å². The summed E-state index contributed by atoms with van der Waals surface area (Å²) in [4.78, 5) is 26.6. The highest BCUT2D eigenvalue weighted by Crippen LogP contribution is 2.34. The monoisotopic (exact) mass is 472 g/mol. The van der Waals surface area contributed by atoms with Crippen molar-refractivity contribution in [3.63, 3.8) is 0 Å². The number of anilines is 1. The van der Waals surface area contributed by atoms with Gasteiger partial charge in [-0.2, -0.15) is 10.2 Å². The van der Waals surface area contributed by atoms with Crippen molar-refractivity contribution in [3.8, 4) is 34.6 Å². The first-order valence-corrected chi connectivity index (χ1v) is 11.0. The number of nitrogens with zero attached hydrogens (tertiary/aromatic N) is 4. The first-order valence-electron chi connectivity index (χ1n) is 11.0.